The Balaban J connectivity index is 0.000000309. The Kier molecular flexibility index (Phi) is 4.19. The largest absolute Gasteiger partial charge is 0.673 e. The fraction of sp³-hybridized carbons (Fsp3) is 0. The number of ketones is 1. The maximum atomic E-state index is 12.1. The quantitative estimate of drug-likeness (QED) is 0.318. The van der Waals surface area contributed by atoms with E-state index >= 15 is 0 Å². The second-order valence-electron chi connectivity index (χ2n) is 4.32. The number of rotatable bonds is 0. The van der Waals surface area contributed by atoms with Crippen LogP contribution in [0.2, 0.25) is 5.02 Å². The normalized spacial score (nSPS) is 11.9. The van der Waals surface area contributed by atoms with E-state index in [4.69, 9.17) is 17.0 Å². The molecule has 3 nitrogen and oxygen atoms in total. The lowest BCUT2D eigenvalue weighted by Gasteiger charge is -1.97. The first kappa shape index (κ1) is 16.0. The van der Waals surface area contributed by atoms with Gasteiger partial charge in [0.2, 0.25) is 5.39 Å². The standard InChI is InChI=1S/C13H6ClN2O.BF4/c14-11-5-9-7-3-1-2-4-8(7)13(17)10(9)6-12(11)16-15;2-1(3,4)5/h1-6H;/q+1;-1. The zero-order valence-corrected chi connectivity index (χ0v) is 11.5. The van der Waals surface area contributed by atoms with E-state index in [0.29, 0.717) is 16.1 Å². The molecule has 0 unspecified atom stereocenters. The summed E-state index contributed by atoms with van der Waals surface area (Å²) in [5.41, 5.74) is 3.07. The van der Waals surface area contributed by atoms with E-state index in [0.717, 1.165) is 11.1 Å². The first-order valence-corrected chi connectivity index (χ1v) is 6.30. The summed E-state index contributed by atoms with van der Waals surface area (Å²) in [5, 5.41) is 9.11. The second-order valence-corrected chi connectivity index (χ2v) is 4.73. The minimum atomic E-state index is -6.00. The van der Waals surface area contributed by atoms with Crippen molar-refractivity contribution < 1.29 is 22.1 Å². The van der Waals surface area contributed by atoms with Gasteiger partial charge in [0.15, 0.2) is 10.8 Å². The van der Waals surface area contributed by atoms with Crippen molar-refractivity contribution in [2.75, 3.05) is 0 Å². The number of halogens is 5. The van der Waals surface area contributed by atoms with Crippen LogP contribution in [0.4, 0.5) is 23.0 Å². The summed E-state index contributed by atoms with van der Waals surface area (Å²) in [6.45, 7) is 0. The van der Waals surface area contributed by atoms with E-state index in [1.807, 2.05) is 18.2 Å². The Labute approximate surface area is 127 Å². The summed E-state index contributed by atoms with van der Waals surface area (Å²) < 4.78 is 39.0. The van der Waals surface area contributed by atoms with Crippen molar-refractivity contribution in [3.05, 3.63) is 57.5 Å². The highest BCUT2D eigenvalue weighted by atomic mass is 35.5. The van der Waals surface area contributed by atoms with Crippen LogP contribution in [0.1, 0.15) is 15.9 Å². The molecule has 0 heterocycles. The first-order valence-electron chi connectivity index (χ1n) is 5.92. The average Bonchev–Trinajstić information content (AvgIpc) is 2.70. The van der Waals surface area contributed by atoms with Gasteiger partial charge in [-0.25, -0.2) is 0 Å². The molecule has 2 aromatic rings. The molecule has 0 fully saturated rings. The monoisotopic (exact) mass is 328 g/mol. The number of diazo groups is 1. The summed E-state index contributed by atoms with van der Waals surface area (Å²) >= 11 is 5.96. The number of hydrogen-bond donors (Lipinski definition) is 0. The summed E-state index contributed by atoms with van der Waals surface area (Å²) in [6.07, 6.45) is 0. The van der Waals surface area contributed by atoms with Crippen LogP contribution < -0.4 is 0 Å². The first-order chi connectivity index (χ1) is 10.2. The molecular weight excluding hydrogens is 322 g/mol. The fourth-order valence-electron chi connectivity index (χ4n) is 2.11. The number of hydrogen-bond acceptors (Lipinski definition) is 2. The zero-order chi connectivity index (χ0) is 16.5. The Bertz CT molecular complexity index is 796. The van der Waals surface area contributed by atoms with E-state index in [1.165, 1.54) is 6.07 Å². The smallest absolute Gasteiger partial charge is 0.418 e. The van der Waals surface area contributed by atoms with Crippen molar-refractivity contribution in [3.63, 3.8) is 0 Å². The maximum Gasteiger partial charge on any atom is 0.673 e. The molecule has 22 heavy (non-hydrogen) atoms. The molecule has 3 rings (SSSR count). The van der Waals surface area contributed by atoms with E-state index < -0.39 is 7.25 Å². The Hall–Kier alpha value is -2.40. The third-order valence-electron chi connectivity index (χ3n) is 2.90. The fourth-order valence-corrected chi connectivity index (χ4v) is 2.31. The molecule has 0 aromatic heterocycles. The summed E-state index contributed by atoms with van der Waals surface area (Å²) in [6, 6.07) is 10.5. The van der Waals surface area contributed by atoms with Crippen molar-refractivity contribution >= 4 is 30.3 Å². The van der Waals surface area contributed by atoms with Gasteiger partial charge in [0.05, 0.1) is 0 Å². The van der Waals surface area contributed by atoms with E-state index in [9.17, 15) is 22.1 Å². The van der Waals surface area contributed by atoms with E-state index in [2.05, 4.69) is 4.98 Å². The van der Waals surface area contributed by atoms with Gasteiger partial charge in [-0.1, -0.05) is 35.9 Å². The summed E-state index contributed by atoms with van der Waals surface area (Å²) in [5.74, 6) is -0.0582. The minimum absolute atomic E-state index is 0.0582. The number of benzene rings is 2. The molecule has 0 bridgehead atoms. The van der Waals surface area contributed by atoms with Crippen molar-refractivity contribution in [3.8, 4) is 11.1 Å². The predicted molar refractivity (Wildman–Crippen MR) is 75.3 cm³/mol. The van der Waals surface area contributed by atoms with Crippen molar-refractivity contribution in [2.45, 2.75) is 0 Å². The lowest BCUT2D eigenvalue weighted by Crippen LogP contribution is -2.02. The van der Waals surface area contributed by atoms with Gasteiger partial charge in [-0.2, -0.15) is 0 Å². The van der Waals surface area contributed by atoms with Gasteiger partial charge < -0.3 is 17.3 Å². The summed E-state index contributed by atoms with van der Waals surface area (Å²) in [4.78, 5) is 15.2. The van der Waals surface area contributed by atoms with Crippen LogP contribution >= 0.6 is 11.6 Å². The molecule has 112 valence electrons. The third-order valence-corrected chi connectivity index (χ3v) is 3.20. The molecule has 0 radical (unpaired) electrons. The predicted octanol–water partition coefficient (Wildman–Crippen LogP) is 5.34. The van der Waals surface area contributed by atoms with Crippen LogP contribution in [0.5, 0.6) is 0 Å². The molecule has 0 amide bonds. The second kappa shape index (κ2) is 5.77. The highest BCUT2D eigenvalue weighted by molar-refractivity contribution is 6.50. The molecule has 0 saturated carbocycles. The number of carbonyl (C=O) groups excluding carboxylic acids is 1. The highest BCUT2D eigenvalue weighted by Gasteiger charge is 2.30. The lowest BCUT2D eigenvalue weighted by molar-refractivity contribution is 0.104. The Morgan fingerprint density at radius 3 is 2.05 bits per heavy atom. The molecule has 0 atom stereocenters. The van der Waals surface area contributed by atoms with Crippen LogP contribution in [0, 0.1) is 5.39 Å². The van der Waals surface area contributed by atoms with Crippen LogP contribution in [-0.4, -0.2) is 13.0 Å². The van der Waals surface area contributed by atoms with Gasteiger partial charge in [0.1, 0.15) is 5.02 Å². The van der Waals surface area contributed by atoms with E-state index in [1.54, 1.807) is 12.1 Å². The topological polar surface area (TPSA) is 45.2 Å². The molecule has 1 aliphatic rings. The van der Waals surface area contributed by atoms with Crippen molar-refractivity contribution in [2.24, 2.45) is 0 Å². The highest BCUT2D eigenvalue weighted by Crippen LogP contribution is 2.41. The van der Waals surface area contributed by atoms with Gasteiger partial charge in [-0.3, -0.25) is 4.79 Å². The number of nitrogens with zero attached hydrogens (tertiary/aromatic N) is 2. The van der Waals surface area contributed by atoms with Gasteiger partial charge in [-0.05, 0) is 17.2 Å². The van der Waals surface area contributed by atoms with Gasteiger partial charge in [0.25, 0.3) is 0 Å². The Morgan fingerprint density at radius 1 is 0.955 bits per heavy atom. The minimum Gasteiger partial charge on any atom is -0.418 e. The SMILES string of the molecule is F[B-](F)(F)F.N#[N+]c1cc2c(cc1Cl)-c1ccccc1C2=O. The van der Waals surface area contributed by atoms with Gasteiger partial charge >= 0.3 is 12.9 Å². The molecule has 1 aliphatic carbocycles. The maximum absolute atomic E-state index is 12.1. The lowest BCUT2D eigenvalue weighted by atomic mass is 10.1. The van der Waals surface area contributed by atoms with Gasteiger partial charge in [0, 0.05) is 17.2 Å². The zero-order valence-electron chi connectivity index (χ0n) is 10.7. The van der Waals surface area contributed by atoms with Crippen molar-refractivity contribution in [1.82, 2.24) is 0 Å². The molecule has 2 aromatic carbocycles. The molecular formula is C13H6BClF4N2O. The van der Waals surface area contributed by atoms with Crippen LogP contribution in [-0.2, 0) is 0 Å². The number of fused-ring (bicyclic) bond motifs is 3. The van der Waals surface area contributed by atoms with Crippen LogP contribution in [0.3, 0.4) is 0 Å². The van der Waals surface area contributed by atoms with E-state index in [-0.39, 0.29) is 11.5 Å². The van der Waals surface area contributed by atoms with Gasteiger partial charge in [-0.15, -0.1) is 0 Å². The molecule has 0 saturated heterocycles. The third kappa shape index (κ3) is 3.26. The molecule has 0 N–H and O–H groups in total. The average molecular weight is 328 g/mol. The molecule has 0 spiro atoms. The summed E-state index contributed by atoms with van der Waals surface area (Å²) in [7, 11) is -6.00. The van der Waals surface area contributed by atoms with Crippen LogP contribution in [0.15, 0.2) is 36.4 Å². The van der Waals surface area contributed by atoms with Crippen LogP contribution in [0.25, 0.3) is 16.1 Å². The molecule has 9 heteroatoms. The van der Waals surface area contributed by atoms with Crippen molar-refractivity contribution in [1.29, 1.82) is 5.39 Å². The Morgan fingerprint density at radius 2 is 1.50 bits per heavy atom. The number of carbonyl (C=O) groups is 1. The molecule has 0 aliphatic heterocycles.